The van der Waals surface area contributed by atoms with Crippen LogP contribution >= 0.6 is 11.6 Å². The van der Waals surface area contributed by atoms with Gasteiger partial charge in [0.2, 0.25) is 5.91 Å². The third-order valence-electron chi connectivity index (χ3n) is 6.42. The minimum atomic E-state index is -1.37. The summed E-state index contributed by atoms with van der Waals surface area (Å²) in [6, 6.07) is 1.60. The van der Waals surface area contributed by atoms with E-state index in [0.29, 0.717) is 28.6 Å². The number of fused-ring (bicyclic) bond motifs is 1. The van der Waals surface area contributed by atoms with Crippen molar-refractivity contribution < 1.29 is 13.9 Å². The average molecular weight is 505 g/mol. The summed E-state index contributed by atoms with van der Waals surface area (Å²) in [5.74, 6) is -0.525. The van der Waals surface area contributed by atoms with E-state index in [1.54, 1.807) is 28.9 Å². The van der Waals surface area contributed by atoms with Crippen molar-refractivity contribution in [3.63, 3.8) is 0 Å². The predicted octanol–water partition coefficient (Wildman–Crippen LogP) is 3.99. The number of hydrogen-bond acceptors (Lipinski definition) is 4. The molecule has 4 rings (SSSR count). The second-order valence-electron chi connectivity index (χ2n) is 9.62. The number of amides is 1. The molecule has 1 amide bonds. The van der Waals surface area contributed by atoms with Crippen LogP contribution in [0.1, 0.15) is 51.1 Å². The van der Waals surface area contributed by atoms with Crippen LogP contribution in [0.15, 0.2) is 46.5 Å². The third kappa shape index (κ3) is 6.35. The number of halogens is 2. The number of hydrogen-bond donors (Lipinski definition) is 1. The van der Waals surface area contributed by atoms with Gasteiger partial charge < -0.3 is 19.4 Å². The van der Waals surface area contributed by atoms with Crippen molar-refractivity contribution >= 4 is 23.0 Å². The number of carbonyl (C=O) groups is 1. The summed E-state index contributed by atoms with van der Waals surface area (Å²) in [6.07, 6.45) is 11.2. The third-order valence-corrected chi connectivity index (χ3v) is 6.67. The minimum Gasteiger partial charge on any atom is -0.492 e. The van der Waals surface area contributed by atoms with Crippen LogP contribution in [0, 0.1) is 0 Å². The fourth-order valence-corrected chi connectivity index (χ4v) is 4.96. The van der Waals surface area contributed by atoms with Crippen molar-refractivity contribution in [3.8, 4) is 5.75 Å². The number of nitrogens with one attached hydrogen (secondary N) is 1. The van der Waals surface area contributed by atoms with E-state index < -0.39 is 12.1 Å². The lowest BCUT2D eigenvalue weighted by Crippen LogP contribution is -2.38. The van der Waals surface area contributed by atoms with Gasteiger partial charge in [-0.25, -0.2) is 4.39 Å². The predicted molar refractivity (Wildman–Crippen MR) is 136 cm³/mol. The monoisotopic (exact) mass is 504 g/mol. The topological polar surface area (TPSA) is 68.0 Å². The number of likely N-dealkylation sites (tertiary alicyclic amines) is 1. The largest absolute Gasteiger partial charge is 0.492 e. The van der Waals surface area contributed by atoms with Crippen LogP contribution in [0.5, 0.6) is 5.75 Å². The molecule has 3 heterocycles. The number of alkyl halides is 1. The molecule has 0 bridgehead atoms. The van der Waals surface area contributed by atoms with Crippen molar-refractivity contribution in [2.75, 3.05) is 26.2 Å². The maximum atomic E-state index is 14.9. The molecule has 1 fully saturated rings. The molecule has 1 saturated heterocycles. The van der Waals surface area contributed by atoms with Crippen molar-refractivity contribution in [1.29, 1.82) is 0 Å². The Labute approximate surface area is 210 Å². The van der Waals surface area contributed by atoms with Crippen LogP contribution in [0.4, 0.5) is 4.39 Å². The molecule has 35 heavy (non-hydrogen) atoms. The van der Waals surface area contributed by atoms with Gasteiger partial charge in [-0.2, -0.15) is 0 Å². The number of allylic oxidation sites excluding steroid dienone is 4. The van der Waals surface area contributed by atoms with E-state index in [0.717, 1.165) is 26.1 Å². The van der Waals surface area contributed by atoms with Gasteiger partial charge in [-0.3, -0.25) is 14.2 Å². The molecule has 9 heteroatoms. The Morgan fingerprint density at radius 2 is 2.03 bits per heavy atom. The van der Waals surface area contributed by atoms with Gasteiger partial charge in [-0.05, 0) is 58.4 Å². The second kappa shape index (κ2) is 11.4. The number of carbonyl (C=O) groups excluding carboxylic acids is 1. The van der Waals surface area contributed by atoms with Crippen LogP contribution in [0.25, 0.3) is 5.52 Å². The summed E-state index contributed by atoms with van der Waals surface area (Å²) in [5.41, 5.74) is 0.369. The van der Waals surface area contributed by atoms with Crippen molar-refractivity contribution in [1.82, 2.24) is 19.2 Å². The average Bonchev–Trinajstić information content (AvgIpc) is 3.23. The number of aromatic nitrogens is 2. The molecule has 2 aromatic heterocycles. The summed E-state index contributed by atoms with van der Waals surface area (Å²) in [7, 11) is 0. The Morgan fingerprint density at radius 1 is 1.26 bits per heavy atom. The summed E-state index contributed by atoms with van der Waals surface area (Å²) in [4.78, 5) is 28.5. The molecule has 2 atom stereocenters. The Morgan fingerprint density at radius 3 is 2.77 bits per heavy atom. The Balaban J connectivity index is 1.58. The van der Waals surface area contributed by atoms with Crippen molar-refractivity contribution in [3.05, 3.63) is 57.8 Å². The van der Waals surface area contributed by atoms with Gasteiger partial charge in [0.25, 0.3) is 5.56 Å². The molecule has 190 valence electrons. The first kappa shape index (κ1) is 25.5. The van der Waals surface area contributed by atoms with E-state index in [2.05, 4.69) is 10.2 Å². The fraction of sp³-hybridized carbons (Fsp3) is 0.538. The fourth-order valence-electron chi connectivity index (χ4n) is 4.75. The molecule has 0 saturated carbocycles. The number of ether oxygens (including phenoxy) is 1. The molecule has 1 N–H and O–H groups in total. The lowest BCUT2D eigenvalue weighted by molar-refractivity contribution is -0.122. The first-order chi connectivity index (χ1) is 16.8. The van der Waals surface area contributed by atoms with Crippen LogP contribution in [-0.4, -0.2) is 58.2 Å². The Kier molecular flexibility index (Phi) is 8.34. The van der Waals surface area contributed by atoms with Crippen LogP contribution in [0.3, 0.4) is 0 Å². The maximum absolute atomic E-state index is 14.9. The van der Waals surface area contributed by atoms with Crippen LogP contribution in [0.2, 0.25) is 0 Å². The second-order valence-corrected chi connectivity index (χ2v) is 10.1. The van der Waals surface area contributed by atoms with E-state index in [1.165, 1.54) is 36.0 Å². The smallest absolute Gasteiger partial charge is 0.275 e. The first-order valence-corrected chi connectivity index (χ1v) is 12.8. The molecule has 0 aromatic carbocycles. The van der Waals surface area contributed by atoms with Gasteiger partial charge >= 0.3 is 0 Å². The molecular weight excluding hydrogens is 471 g/mol. The molecule has 2 aliphatic rings. The van der Waals surface area contributed by atoms with Crippen LogP contribution < -0.4 is 15.6 Å². The highest BCUT2D eigenvalue weighted by Crippen LogP contribution is 2.31. The molecule has 0 spiro atoms. The van der Waals surface area contributed by atoms with Gasteiger partial charge in [-0.1, -0.05) is 24.1 Å². The normalized spacial score (nSPS) is 20.9. The first-order valence-electron chi connectivity index (χ1n) is 12.4. The maximum Gasteiger partial charge on any atom is 0.275 e. The highest BCUT2D eigenvalue weighted by atomic mass is 35.5. The molecule has 2 unspecified atom stereocenters. The van der Waals surface area contributed by atoms with Gasteiger partial charge in [0.1, 0.15) is 24.0 Å². The zero-order valence-electron chi connectivity index (χ0n) is 20.4. The van der Waals surface area contributed by atoms with Gasteiger partial charge in [0.05, 0.1) is 18.7 Å². The van der Waals surface area contributed by atoms with E-state index >= 15 is 0 Å². The van der Waals surface area contributed by atoms with Crippen molar-refractivity contribution in [2.24, 2.45) is 0 Å². The van der Waals surface area contributed by atoms with E-state index in [9.17, 15) is 14.0 Å². The van der Waals surface area contributed by atoms with Crippen LogP contribution in [-0.2, 0) is 11.3 Å². The molecule has 2 aromatic rings. The zero-order chi connectivity index (χ0) is 24.9. The summed E-state index contributed by atoms with van der Waals surface area (Å²) in [5, 5.41) is 3.19. The minimum absolute atomic E-state index is 0.0792. The summed E-state index contributed by atoms with van der Waals surface area (Å²) < 4.78 is 23.8. The molecular formula is C26H34ClFN4O3. The Hall–Kier alpha value is -2.58. The quantitative estimate of drug-likeness (QED) is 0.524. The SMILES string of the molecule is CC(C)NC(=O)Cn1c(C2C=C(Cl)C=CC2F)cn2cc(OCCCN3CCCCC3)cc2c1=O. The molecule has 1 aliphatic heterocycles. The lowest BCUT2D eigenvalue weighted by Gasteiger charge is -2.26. The lowest BCUT2D eigenvalue weighted by atomic mass is 9.95. The standard InChI is InChI=1S/C26H34ClFN4O3/c1-18(2)29-25(33)17-32-24(21-13-19(27)7-8-22(21)28)16-31-15-20(14-23(31)26(32)34)35-12-6-11-30-9-4-3-5-10-30/h7-8,13-16,18,21-22H,3-6,9-12,17H2,1-2H3,(H,29,33). The number of piperidine rings is 1. The van der Waals surface area contributed by atoms with E-state index in [-0.39, 0.29) is 24.1 Å². The summed E-state index contributed by atoms with van der Waals surface area (Å²) >= 11 is 6.15. The highest BCUT2D eigenvalue weighted by molar-refractivity contribution is 6.31. The Bertz CT molecular complexity index is 1160. The van der Waals surface area contributed by atoms with Gasteiger partial charge in [0, 0.05) is 35.6 Å². The van der Waals surface area contributed by atoms with E-state index in [1.807, 2.05) is 13.8 Å². The van der Waals surface area contributed by atoms with E-state index in [4.69, 9.17) is 16.3 Å². The molecule has 1 aliphatic carbocycles. The highest BCUT2D eigenvalue weighted by Gasteiger charge is 2.27. The zero-order valence-corrected chi connectivity index (χ0v) is 21.1. The number of rotatable bonds is 9. The molecule has 0 radical (unpaired) electrons. The van der Waals surface area contributed by atoms with Crippen molar-refractivity contribution in [2.45, 2.75) is 64.2 Å². The van der Waals surface area contributed by atoms with Gasteiger partial charge in [-0.15, -0.1) is 0 Å². The van der Waals surface area contributed by atoms with Gasteiger partial charge in [0.15, 0.2) is 0 Å². The number of nitrogens with zero attached hydrogens (tertiary/aromatic N) is 3. The summed E-state index contributed by atoms with van der Waals surface area (Å²) in [6.45, 7) is 7.31. The molecule has 7 nitrogen and oxygen atoms in total.